The van der Waals surface area contributed by atoms with Crippen LogP contribution in [-0.4, -0.2) is 0 Å². The summed E-state index contributed by atoms with van der Waals surface area (Å²) < 4.78 is 0. The Kier molecular flexibility index (Phi) is 4.09. The van der Waals surface area contributed by atoms with Gasteiger partial charge < -0.3 is 0 Å². The second-order valence-corrected chi connectivity index (χ2v) is 10.8. The maximum Gasteiger partial charge on any atom is -0.00139 e. The molecule has 0 saturated heterocycles. The summed E-state index contributed by atoms with van der Waals surface area (Å²) in [6.07, 6.45) is 7.06. The fraction of sp³-hybridized carbons (Fsp3) is 0.250. The highest BCUT2D eigenvalue weighted by Crippen LogP contribution is 2.51. The normalized spacial score (nSPS) is 18.6. The van der Waals surface area contributed by atoms with Crippen molar-refractivity contribution in [1.82, 2.24) is 0 Å². The van der Waals surface area contributed by atoms with Crippen molar-refractivity contribution in [2.24, 2.45) is 5.41 Å². The molecule has 0 saturated carbocycles. The van der Waals surface area contributed by atoms with Crippen LogP contribution in [0.5, 0.6) is 0 Å². The molecule has 0 heteroatoms. The largest absolute Gasteiger partial charge is 0.0779 e. The molecule has 0 atom stereocenters. The lowest BCUT2D eigenvalue weighted by molar-refractivity contribution is 0.429. The SMILES string of the molecule is CC1(C)C=CC2=C(C1)CC(C)(C)c1c2ccc2cc(-c3[c]c4cc[c]cc4[c]c3)ccc12. The van der Waals surface area contributed by atoms with E-state index in [4.69, 9.17) is 0 Å². The molecular formula is C32H27. The van der Waals surface area contributed by atoms with Crippen molar-refractivity contribution in [2.75, 3.05) is 0 Å². The molecule has 2 aliphatic rings. The first kappa shape index (κ1) is 19.6. The van der Waals surface area contributed by atoms with Crippen LogP contribution in [0.25, 0.3) is 38.2 Å². The van der Waals surface area contributed by atoms with Crippen LogP contribution in [0.1, 0.15) is 51.7 Å². The lowest BCUT2D eigenvalue weighted by Crippen LogP contribution is -2.27. The standard InChI is InChI=1S/C32H27/c1-31(2)16-15-27-26(19-31)20-32(3,4)30-28-13-11-24(18-25(28)12-14-29(27)30)23-10-9-21-7-5-6-8-22(21)17-23/h6-8,10-16,18H,19-20H2,1-4H3. The van der Waals surface area contributed by atoms with E-state index in [0.29, 0.717) is 0 Å². The molecule has 0 N–H and O–H groups in total. The van der Waals surface area contributed by atoms with Gasteiger partial charge in [0, 0.05) is 0 Å². The van der Waals surface area contributed by atoms with Gasteiger partial charge in [-0.15, -0.1) is 0 Å². The van der Waals surface area contributed by atoms with Crippen molar-refractivity contribution in [3.8, 4) is 11.1 Å². The molecule has 0 unspecified atom stereocenters. The van der Waals surface area contributed by atoms with Crippen LogP contribution in [0.15, 0.2) is 72.3 Å². The van der Waals surface area contributed by atoms with Crippen molar-refractivity contribution >= 4 is 27.1 Å². The molecule has 0 fully saturated rings. The fourth-order valence-corrected chi connectivity index (χ4v) is 5.79. The molecule has 155 valence electrons. The zero-order valence-corrected chi connectivity index (χ0v) is 19.3. The van der Waals surface area contributed by atoms with E-state index in [1.54, 1.807) is 5.57 Å². The Morgan fingerprint density at radius 3 is 2.62 bits per heavy atom. The molecule has 3 radical (unpaired) electrons. The Labute approximate surface area is 191 Å². The molecule has 0 amide bonds. The third-order valence-corrected chi connectivity index (χ3v) is 7.21. The van der Waals surface area contributed by atoms with Gasteiger partial charge in [0.2, 0.25) is 0 Å². The van der Waals surface area contributed by atoms with E-state index < -0.39 is 0 Å². The minimum atomic E-state index is 0.121. The van der Waals surface area contributed by atoms with Gasteiger partial charge in [-0.05, 0) is 109 Å². The van der Waals surface area contributed by atoms with Gasteiger partial charge in [-0.3, -0.25) is 0 Å². The van der Waals surface area contributed by atoms with Gasteiger partial charge >= 0.3 is 0 Å². The van der Waals surface area contributed by atoms with Crippen LogP contribution in [0.2, 0.25) is 0 Å². The smallest absolute Gasteiger partial charge is 0.00139 e. The number of hydrogen-bond acceptors (Lipinski definition) is 0. The van der Waals surface area contributed by atoms with Crippen LogP contribution in [0.4, 0.5) is 0 Å². The summed E-state index contributed by atoms with van der Waals surface area (Å²) in [6, 6.07) is 29.6. The molecular weight excluding hydrogens is 384 g/mol. The van der Waals surface area contributed by atoms with Crippen molar-refractivity contribution < 1.29 is 0 Å². The zero-order chi connectivity index (χ0) is 22.1. The first-order chi connectivity index (χ1) is 15.3. The zero-order valence-electron chi connectivity index (χ0n) is 19.3. The third kappa shape index (κ3) is 3.05. The molecule has 0 aromatic heterocycles. The summed E-state index contributed by atoms with van der Waals surface area (Å²) in [5.74, 6) is 0. The van der Waals surface area contributed by atoms with Crippen LogP contribution in [0.3, 0.4) is 0 Å². The summed E-state index contributed by atoms with van der Waals surface area (Å²) in [7, 11) is 0. The Morgan fingerprint density at radius 2 is 1.75 bits per heavy atom. The first-order valence-electron chi connectivity index (χ1n) is 11.5. The quantitative estimate of drug-likeness (QED) is 0.294. The van der Waals surface area contributed by atoms with E-state index in [2.05, 4.69) is 94.4 Å². The number of rotatable bonds is 1. The maximum absolute atomic E-state index is 3.56. The molecule has 0 aliphatic heterocycles. The topological polar surface area (TPSA) is 0 Å². The summed E-state index contributed by atoms with van der Waals surface area (Å²) in [5.41, 5.74) is 8.64. The Bertz CT molecular complexity index is 1460. The van der Waals surface area contributed by atoms with E-state index in [9.17, 15) is 0 Å². The lowest BCUT2D eigenvalue weighted by Gasteiger charge is -2.40. The van der Waals surface area contributed by atoms with E-state index in [1.165, 1.54) is 33.0 Å². The molecule has 32 heavy (non-hydrogen) atoms. The van der Waals surface area contributed by atoms with Crippen LogP contribution in [-0.2, 0) is 5.41 Å². The molecule has 4 aromatic rings. The van der Waals surface area contributed by atoms with Crippen molar-refractivity contribution in [2.45, 2.75) is 46.0 Å². The van der Waals surface area contributed by atoms with E-state index in [0.717, 1.165) is 29.2 Å². The third-order valence-electron chi connectivity index (χ3n) is 7.21. The van der Waals surface area contributed by atoms with Gasteiger partial charge in [-0.1, -0.05) is 81.8 Å². The molecule has 6 rings (SSSR count). The Hall–Kier alpha value is -3.12. The molecule has 0 bridgehead atoms. The molecule has 0 heterocycles. The maximum atomic E-state index is 3.56. The van der Waals surface area contributed by atoms with Gasteiger partial charge in [0.25, 0.3) is 0 Å². The Balaban J connectivity index is 1.51. The predicted molar refractivity (Wildman–Crippen MR) is 135 cm³/mol. The van der Waals surface area contributed by atoms with Gasteiger partial charge in [-0.25, -0.2) is 0 Å². The summed E-state index contributed by atoms with van der Waals surface area (Å²) in [5, 5.41) is 4.81. The minimum Gasteiger partial charge on any atom is -0.0779 e. The lowest BCUT2D eigenvalue weighted by atomic mass is 9.64. The predicted octanol–water partition coefficient (Wildman–Crippen LogP) is 8.48. The average Bonchev–Trinajstić information content (AvgIpc) is 2.76. The van der Waals surface area contributed by atoms with Crippen LogP contribution >= 0.6 is 0 Å². The number of benzene rings is 4. The fourth-order valence-electron chi connectivity index (χ4n) is 5.79. The summed E-state index contributed by atoms with van der Waals surface area (Å²) in [4.78, 5) is 0. The Morgan fingerprint density at radius 1 is 0.875 bits per heavy atom. The average molecular weight is 412 g/mol. The second-order valence-electron chi connectivity index (χ2n) is 10.8. The number of hydrogen-bond donors (Lipinski definition) is 0. The number of fused-ring (bicyclic) bond motifs is 5. The highest BCUT2D eigenvalue weighted by atomic mass is 14.4. The van der Waals surface area contributed by atoms with Crippen molar-refractivity contribution in [3.05, 3.63) is 102 Å². The van der Waals surface area contributed by atoms with Gasteiger partial charge in [0.05, 0.1) is 0 Å². The highest BCUT2D eigenvalue weighted by Gasteiger charge is 2.36. The first-order valence-corrected chi connectivity index (χ1v) is 11.5. The van der Waals surface area contributed by atoms with Crippen molar-refractivity contribution in [3.63, 3.8) is 0 Å². The second kappa shape index (κ2) is 6.69. The number of allylic oxidation sites excluding steroid dienone is 4. The molecule has 2 aliphatic carbocycles. The van der Waals surface area contributed by atoms with E-state index in [-0.39, 0.29) is 10.8 Å². The van der Waals surface area contributed by atoms with Crippen molar-refractivity contribution in [1.29, 1.82) is 0 Å². The van der Waals surface area contributed by atoms with Crippen LogP contribution in [0, 0.1) is 23.6 Å². The summed E-state index contributed by atoms with van der Waals surface area (Å²) >= 11 is 0. The monoisotopic (exact) mass is 411 g/mol. The summed E-state index contributed by atoms with van der Waals surface area (Å²) in [6.45, 7) is 9.52. The minimum absolute atomic E-state index is 0.121. The van der Waals surface area contributed by atoms with Crippen LogP contribution < -0.4 is 0 Å². The van der Waals surface area contributed by atoms with E-state index >= 15 is 0 Å². The molecule has 0 nitrogen and oxygen atoms in total. The van der Waals surface area contributed by atoms with Gasteiger partial charge in [-0.2, -0.15) is 0 Å². The van der Waals surface area contributed by atoms with Gasteiger partial charge in [0.15, 0.2) is 0 Å². The molecule has 4 aromatic carbocycles. The van der Waals surface area contributed by atoms with Gasteiger partial charge in [0.1, 0.15) is 0 Å². The van der Waals surface area contributed by atoms with E-state index in [1.807, 2.05) is 18.2 Å². The highest BCUT2D eigenvalue weighted by molar-refractivity contribution is 5.97. The molecule has 0 spiro atoms.